The van der Waals surface area contributed by atoms with Gasteiger partial charge in [-0.2, -0.15) is 0 Å². The molecule has 0 bridgehead atoms. The fourth-order valence-electron chi connectivity index (χ4n) is 2.41. The molecule has 0 saturated heterocycles. The number of aliphatic hydroxyl groups excluding tert-OH is 1. The highest BCUT2D eigenvalue weighted by atomic mass is 16.3. The Bertz CT molecular complexity index is 155. The molecule has 0 amide bonds. The third-order valence-electron chi connectivity index (χ3n) is 3.05. The van der Waals surface area contributed by atoms with Gasteiger partial charge in [-0.25, -0.2) is 0 Å². The van der Waals surface area contributed by atoms with Gasteiger partial charge in [-0.1, -0.05) is 26.7 Å². The molecule has 0 heterocycles. The van der Waals surface area contributed by atoms with E-state index in [1.807, 2.05) is 6.92 Å². The first-order chi connectivity index (χ1) is 6.91. The van der Waals surface area contributed by atoms with Gasteiger partial charge in [-0.05, 0) is 19.8 Å². The van der Waals surface area contributed by atoms with Crippen LogP contribution in [-0.4, -0.2) is 42.9 Å². The van der Waals surface area contributed by atoms with Crippen molar-refractivity contribution in [3.63, 3.8) is 0 Å². The maximum absolute atomic E-state index is 9.43. The van der Waals surface area contributed by atoms with Gasteiger partial charge in [0.05, 0.1) is 20.6 Å². The Morgan fingerprint density at radius 2 is 1.73 bits per heavy atom. The molecule has 0 aromatic carbocycles. The minimum absolute atomic E-state index is 0.191. The second-order valence-electron chi connectivity index (χ2n) is 5.57. The normalized spacial score (nSPS) is 16.4. The van der Waals surface area contributed by atoms with Gasteiger partial charge in [0, 0.05) is 5.92 Å². The molecule has 0 fully saturated rings. The van der Waals surface area contributed by atoms with Crippen LogP contribution < -0.4 is 0 Å². The highest BCUT2D eigenvalue weighted by Crippen LogP contribution is 2.16. The van der Waals surface area contributed by atoms with E-state index in [0.29, 0.717) is 0 Å². The summed E-state index contributed by atoms with van der Waals surface area (Å²) in [5.41, 5.74) is 0. The summed E-state index contributed by atoms with van der Waals surface area (Å²) in [6, 6.07) is 0. The van der Waals surface area contributed by atoms with Gasteiger partial charge in [0.25, 0.3) is 0 Å². The third kappa shape index (κ3) is 7.80. The third-order valence-corrected chi connectivity index (χ3v) is 3.05. The molecule has 0 rings (SSSR count). The lowest BCUT2D eigenvalue weighted by atomic mass is 9.98. The van der Waals surface area contributed by atoms with Crippen molar-refractivity contribution in [2.75, 3.05) is 27.2 Å². The smallest absolute Gasteiger partial charge is 0.104 e. The number of aliphatic hydroxyl groups is 1. The van der Waals surface area contributed by atoms with E-state index in [-0.39, 0.29) is 6.10 Å². The number of quaternary nitrogens is 1. The van der Waals surface area contributed by atoms with Crippen LogP contribution in [-0.2, 0) is 0 Å². The molecular formula is C13H30NO+. The maximum atomic E-state index is 9.43. The molecule has 0 radical (unpaired) electrons. The molecule has 0 aromatic heterocycles. The maximum Gasteiger partial charge on any atom is 0.104 e. The number of rotatable bonds is 8. The van der Waals surface area contributed by atoms with E-state index in [2.05, 4.69) is 27.9 Å². The molecule has 2 nitrogen and oxygen atoms in total. The molecule has 0 aliphatic rings. The van der Waals surface area contributed by atoms with Crippen LogP contribution in [0.5, 0.6) is 0 Å². The fraction of sp³-hybridized carbons (Fsp3) is 1.00. The van der Waals surface area contributed by atoms with E-state index in [1.54, 1.807) is 0 Å². The summed E-state index contributed by atoms with van der Waals surface area (Å²) in [6.45, 7) is 8.47. The van der Waals surface area contributed by atoms with E-state index in [4.69, 9.17) is 0 Å². The zero-order valence-corrected chi connectivity index (χ0v) is 11.3. The van der Waals surface area contributed by atoms with Crippen LogP contribution in [0.3, 0.4) is 0 Å². The predicted molar refractivity (Wildman–Crippen MR) is 66.8 cm³/mol. The Kier molecular flexibility index (Phi) is 7.20. The molecule has 2 unspecified atom stereocenters. The topological polar surface area (TPSA) is 20.2 Å². The van der Waals surface area contributed by atoms with Crippen molar-refractivity contribution in [2.45, 2.75) is 52.6 Å². The Labute approximate surface area is 95.9 Å². The predicted octanol–water partition coefficient (Wildman–Crippen LogP) is 2.66. The average molecular weight is 216 g/mol. The quantitative estimate of drug-likeness (QED) is 0.619. The van der Waals surface area contributed by atoms with Crippen LogP contribution in [0.4, 0.5) is 0 Å². The number of hydrogen-bond donors (Lipinski definition) is 1. The average Bonchev–Trinajstić information content (AvgIpc) is 2.09. The summed E-state index contributed by atoms with van der Waals surface area (Å²) in [6.07, 6.45) is 5.05. The van der Waals surface area contributed by atoms with E-state index < -0.39 is 0 Å². The van der Waals surface area contributed by atoms with Crippen molar-refractivity contribution in [3.05, 3.63) is 0 Å². The van der Waals surface area contributed by atoms with Crippen LogP contribution in [0.25, 0.3) is 0 Å². The summed E-state index contributed by atoms with van der Waals surface area (Å²) in [5.74, 6) is 0.818. The molecule has 0 saturated carbocycles. The van der Waals surface area contributed by atoms with Crippen molar-refractivity contribution < 1.29 is 9.59 Å². The molecule has 1 N–H and O–H groups in total. The standard InChI is InChI=1S/C13H30NO/c1-6-8-9-13(7-2)11-14(4,5)10-12(3)15/h12-13,15H,6-11H2,1-5H3/q+1. The first-order valence-corrected chi connectivity index (χ1v) is 6.41. The molecule has 0 aromatic rings. The van der Waals surface area contributed by atoms with Crippen LogP contribution >= 0.6 is 0 Å². The van der Waals surface area contributed by atoms with E-state index in [0.717, 1.165) is 16.9 Å². The van der Waals surface area contributed by atoms with Crippen molar-refractivity contribution in [1.82, 2.24) is 0 Å². The van der Waals surface area contributed by atoms with Crippen LogP contribution in [0, 0.1) is 5.92 Å². The molecule has 92 valence electrons. The zero-order valence-electron chi connectivity index (χ0n) is 11.3. The SMILES string of the molecule is CCCCC(CC)C[N+](C)(C)CC(C)O. The minimum atomic E-state index is -0.191. The van der Waals surface area contributed by atoms with E-state index in [9.17, 15) is 5.11 Å². The number of likely N-dealkylation sites (N-methyl/N-ethyl adjacent to an activating group) is 1. The second kappa shape index (κ2) is 7.24. The molecule has 0 spiro atoms. The van der Waals surface area contributed by atoms with Crippen molar-refractivity contribution in [1.29, 1.82) is 0 Å². The van der Waals surface area contributed by atoms with Crippen LogP contribution in [0.2, 0.25) is 0 Å². The fourth-order valence-corrected chi connectivity index (χ4v) is 2.41. The molecule has 2 heteroatoms. The van der Waals surface area contributed by atoms with E-state index >= 15 is 0 Å². The van der Waals surface area contributed by atoms with Gasteiger partial charge >= 0.3 is 0 Å². The zero-order chi connectivity index (χ0) is 11.9. The lowest BCUT2D eigenvalue weighted by Gasteiger charge is -2.34. The van der Waals surface area contributed by atoms with Gasteiger partial charge in [0.2, 0.25) is 0 Å². The molecule has 15 heavy (non-hydrogen) atoms. The van der Waals surface area contributed by atoms with Gasteiger partial charge in [-0.3, -0.25) is 0 Å². The highest BCUT2D eigenvalue weighted by molar-refractivity contribution is 4.57. The van der Waals surface area contributed by atoms with E-state index in [1.165, 1.54) is 32.2 Å². The Morgan fingerprint density at radius 3 is 2.13 bits per heavy atom. The number of nitrogens with zero attached hydrogens (tertiary/aromatic N) is 1. The van der Waals surface area contributed by atoms with Crippen LogP contribution in [0.1, 0.15) is 46.5 Å². The van der Waals surface area contributed by atoms with Crippen LogP contribution in [0.15, 0.2) is 0 Å². The van der Waals surface area contributed by atoms with Gasteiger partial charge in [0.15, 0.2) is 0 Å². The number of hydrogen-bond acceptors (Lipinski definition) is 1. The van der Waals surface area contributed by atoms with Crippen molar-refractivity contribution >= 4 is 0 Å². The Morgan fingerprint density at radius 1 is 1.13 bits per heavy atom. The summed E-state index contributed by atoms with van der Waals surface area (Å²) in [4.78, 5) is 0. The van der Waals surface area contributed by atoms with Gasteiger partial charge < -0.3 is 9.59 Å². The first kappa shape index (κ1) is 14.9. The number of unbranched alkanes of at least 4 members (excludes halogenated alkanes) is 1. The molecular weight excluding hydrogens is 186 g/mol. The Hall–Kier alpha value is -0.0800. The molecule has 0 aliphatic heterocycles. The largest absolute Gasteiger partial charge is 0.388 e. The second-order valence-corrected chi connectivity index (χ2v) is 5.57. The lowest BCUT2D eigenvalue weighted by Crippen LogP contribution is -2.47. The summed E-state index contributed by atoms with van der Waals surface area (Å²) in [7, 11) is 4.45. The highest BCUT2D eigenvalue weighted by Gasteiger charge is 2.22. The molecule has 2 atom stereocenters. The Balaban J connectivity index is 4.02. The summed E-state index contributed by atoms with van der Waals surface area (Å²) in [5, 5.41) is 9.43. The minimum Gasteiger partial charge on any atom is -0.388 e. The van der Waals surface area contributed by atoms with Gasteiger partial charge in [0.1, 0.15) is 12.6 Å². The summed E-state index contributed by atoms with van der Waals surface area (Å²) < 4.78 is 0.944. The summed E-state index contributed by atoms with van der Waals surface area (Å²) >= 11 is 0. The van der Waals surface area contributed by atoms with Crippen molar-refractivity contribution in [3.8, 4) is 0 Å². The van der Waals surface area contributed by atoms with Gasteiger partial charge in [-0.15, -0.1) is 0 Å². The molecule has 0 aliphatic carbocycles. The lowest BCUT2D eigenvalue weighted by molar-refractivity contribution is -0.896. The monoisotopic (exact) mass is 216 g/mol. The first-order valence-electron chi connectivity index (χ1n) is 6.41. The van der Waals surface area contributed by atoms with Crippen molar-refractivity contribution in [2.24, 2.45) is 5.92 Å².